The highest BCUT2D eigenvalue weighted by atomic mass is 35.5. The zero-order valence-corrected chi connectivity index (χ0v) is 7.05. The van der Waals surface area contributed by atoms with Crippen molar-refractivity contribution >= 4 is 30.5 Å². The Morgan fingerprint density at radius 2 is 2.00 bits per heavy atom. The van der Waals surface area contributed by atoms with E-state index in [0.717, 1.165) is 5.65 Å². The maximum Gasteiger partial charge on any atom is 0.175 e. The lowest BCUT2D eigenvalue weighted by atomic mass is 10.6. The third-order valence-electron chi connectivity index (χ3n) is 1.06. The molecule has 0 atom stereocenters. The molecule has 0 spiro atoms. The van der Waals surface area contributed by atoms with Gasteiger partial charge in [-0.15, -0.1) is 34.5 Å². The Balaban J connectivity index is 0.000000500. The molecule has 6 heteroatoms. The van der Waals surface area contributed by atoms with E-state index in [1.165, 1.54) is 11.0 Å². The zero-order valence-electron chi connectivity index (χ0n) is 5.41. The van der Waals surface area contributed by atoms with Crippen LogP contribution in [0.4, 0.5) is 0 Å². The molecule has 4 nitrogen and oxygen atoms in total. The molecule has 0 unspecified atom stereocenters. The molecule has 60 valence electrons. The smallest absolute Gasteiger partial charge is 0.175 e. The molecule has 2 aromatic rings. The van der Waals surface area contributed by atoms with E-state index in [0.29, 0.717) is 0 Å². The number of rotatable bonds is 0. The van der Waals surface area contributed by atoms with Gasteiger partial charge >= 0.3 is 0 Å². The second kappa shape index (κ2) is 4.10. The van der Waals surface area contributed by atoms with Gasteiger partial charge in [-0.05, 0) is 12.1 Å². The van der Waals surface area contributed by atoms with E-state index in [2.05, 4.69) is 15.2 Å². The Labute approximate surface area is 75.5 Å². The van der Waals surface area contributed by atoms with Gasteiger partial charge in [-0.1, -0.05) is 0 Å². The van der Waals surface area contributed by atoms with E-state index >= 15 is 0 Å². The molecule has 0 N–H and O–H groups in total. The van der Waals surface area contributed by atoms with Crippen molar-refractivity contribution in [1.82, 2.24) is 19.8 Å². The van der Waals surface area contributed by atoms with Crippen LogP contribution >= 0.6 is 24.8 Å². The third-order valence-corrected chi connectivity index (χ3v) is 1.06. The summed E-state index contributed by atoms with van der Waals surface area (Å²) in [5.41, 5.74) is 0.775. The summed E-state index contributed by atoms with van der Waals surface area (Å²) in [6.45, 7) is 0. The monoisotopic (exact) mass is 192 g/mol. The molecule has 0 aromatic carbocycles. The summed E-state index contributed by atoms with van der Waals surface area (Å²) in [7, 11) is 0. The van der Waals surface area contributed by atoms with Gasteiger partial charge in [-0.25, -0.2) is 4.98 Å². The Hall–Kier alpha value is -0.870. The minimum absolute atomic E-state index is 0. The van der Waals surface area contributed by atoms with Crippen molar-refractivity contribution in [1.29, 1.82) is 0 Å². The van der Waals surface area contributed by atoms with Crippen LogP contribution in [0.3, 0.4) is 0 Å². The van der Waals surface area contributed by atoms with Crippen molar-refractivity contribution < 1.29 is 0 Å². The van der Waals surface area contributed by atoms with Gasteiger partial charge in [-0.2, -0.15) is 5.10 Å². The van der Waals surface area contributed by atoms with Gasteiger partial charge in [0.05, 0.1) is 0 Å². The Morgan fingerprint density at radius 3 is 2.73 bits per heavy atom. The summed E-state index contributed by atoms with van der Waals surface area (Å²) in [6.07, 6.45) is 3.14. The maximum absolute atomic E-state index is 3.91. The van der Waals surface area contributed by atoms with Crippen molar-refractivity contribution in [3.63, 3.8) is 0 Å². The topological polar surface area (TPSA) is 43.1 Å². The molecule has 0 saturated heterocycles. The van der Waals surface area contributed by atoms with Gasteiger partial charge in [0.2, 0.25) is 0 Å². The summed E-state index contributed by atoms with van der Waals surface area (Å²) in [4.78, 5) is 3.91. The molecular formula is C5H6Cl2N4. The lowest BCUT2D eigenvalue weighted by Crippen LogP contribution is -1.89. The largest absolute Gasteiger partial charge is 0.213 e. The minimum Gasteiger partial charge on any atom is -0.213 e. The number of fused-ring (bicyclic) bond motifs is 1. The molecule has 11 heavy (non-hydrogen) atoms. The fourth-order valence-corrected chi connectivity index (χ4v) is 0.674. The predicted octanol–water partition coefficient (Wildman–Crippen LogP) is 0.968. The zero-order chi connectivity index (χ0) is 6.10. The summed E-state index contributed by atoms with van der Waals surface area (Å²) in [5.74, 6) is 0. The molecule has 0 amide bonds. The number of aromatic nitrogens is 4. The van der Waals surface area contributed by atoms with Crippen LogP contribution in [0.25, 0.3) is 5.65 Å². The Morgan fingerprint density at radius 1 is 1.18 bits per heavy atom. The average Bonchev–Trinajstić information content (AvgIpc) is 2.33. The molecule has 0 saturated carbocycles. The van der Waals surface area contributed by atoms with E-state index < -0.39 is 0 Å². The molecule has 0 aliphatic rings. The first kappa shape index (κ1) is 10.1. The first-order chi connectivity index (χ1) is 4.47. The SMILES string of the molecule is Cl.Cl.c1cnn2ncnc2c1. The van der Waals surface area contributed by atoms with E-state index in [1.807, 2.05) is 12.1 Å². The second-order valence-electron chi connectivity index (χ2n) is 1.63. The van der Waals surface area contributed by atoms with Crippen LogP contribution < -0.4 is 0 Å². The quantitative estimate of drug-likeness (QED) is 0.625. The number of hydrogen-bond acceptors (Lipinski definition) is 3. The molecule has 2 heterocycles. The lowest BCUT2D eigenvalue weighted by molar-refractivity contribution is 0.799. The molecule has 0 aliphatic heterocycles. The summed E-state index contributed by atoms with van der Waals surface area (Å²) < 4.78 is 1.47. The summed E-state index contributed by atoms with van der Waals surface area (Å²) in [6, 6.07) is 3.67. The van der Waals surface area contributed by atoms with Crippen molar-refractivity contribution in [2.45, 2.75) is 0 Å². The highest BCUT2D eigenvalue weighted by Gasteiger charge is 1.88. The lowest BCUT2D eigenvalue weighted by Gasteiger charge is -1.83. The van der Waals surface area contributed by atoms with Crippen molar-refractivity contribution in [3.05, 3.63) is 24.7 Å². The summed E-state index contributed by atoms with van der Waals surface area (Å²) in [5, 5.41) is 7.70. The summed E-state index contributed by atoms with van der Waals surface area (Å²) >= 11 is 0. The molecule has 0 bridgehead atoms. The van der Waals surface area contributed by atoms with Gasteiger partial charge < -0.3 is 0 Å². The Kier molecular flexibility index (Phi) is 3.78. The van der Waals surface area contributed by atoms with Crippen LogP contribution in [0, 0.1) is 0 Å². The van der Waals surface area contributed by atoms with E-state index in [4.69, 9.17) is 0 Å². The first-order valence-electron chi connectivity index (χ1n) is 2.58. The highest BCUT2D eigenvalue weighted by Crippen LogP contribution is 1.89. The van der Waals surface area contributed by atoms with Crippen LogP contribution in [0.1, 0.15) is 0 Å². The average molecular weight is 193 g/mol. The molecular weight excluding hydrogens is 187 g/mol. The van der Waals surface area contributed by atoms with Gasteiger partial charge in [0.25, 0.3) is 0 Å². The predicted molar refractivity (Wildman–Crippen MR) is 45.3 cm³/mol. The van der Waals surface area contributed by atoms with Gasteiger partial charge in [0, 0.05) is 6.20 Å². The normalized spacial score (nSPS) is 8.36. The molecule has 0 fully saturated rings. The molecule has 0 radical (unpaired) electrons. The van der Waals surface area contributed by atoms with Crippen molar-refractivity contribution in [3.8, 4) is 0 Å². The van der Waals surface area contributed by atoms with E-state index in [9.17, 15) is 0 Å². The van der Waals surface area contributed by atoms with Crippen LogP contribution in [-0.4, -0.2) is 19.8 Å². The van der Waals surface area contributed by atoms with Crippen molar-refractivity contribution in [2.75, 3.05) is 0 Å². The highest BCUT2D eigenvalue weighted by molar-refractivity contribution is 5.85. The molecule has 2 rings (SSSR count). The number of hydrogen-bond donors (Lipinski definition) is 0. The van der Waals surface area contributed by atoms with Crippen LogP contribution in [0.15, 0.2) is 24.7 Å². The maximum atomic E-state index is 3.91. The fraction of sp³-hybridized carbons (Fsp3) is 0. The second-order valence-corrected chi connectivity index (χ2v) is 1.63. The first-order valence-corrected chi connectivity index (χ1v) is 2.58. The van der Waals surface area contributed by atoms with Crippen LogP contribution in [-0.2, 0) is 0 Å². The van der Waals surface area contributed by atoms with Gasteiger partial charge in [0.1, 0.15) is 6.33 Å². The molecule has 2 aromatic heterocycles. The van der Waals surface area contributed by atoms with Crippen LogP contribution in [0.5, 0.6) is 0 Å². The Bertz CT molecular complexity index is 290. The van der Waals surface area contributed by atoms with Gasteiger partial charge in [-0.3, -0.25) is 0 Å². The number of halogens is 2. The minimum atomic E-state index is 0. The van der Waals surface area contributed by atoms with Crippen LogP contribution in [0.2, 0.25) is 0 Å². The van der Waals surface area contributed by atoms with E-state index in [-0.39, 0.29) is 24.8 Å². The molecule has 0 aliphatic carbocycles. The van der Waals surface area contributed by atoms with Crippen molar-refractivity contribution in [2.24, 2.45) is 0 Å². The standard InChI is InChI=1S/C5H4N4.2ClH/c1-2-5-6-4-8-9(5)7-3-1;;/h1-4H;2*1H. The third kappa shape index (κ3) is 1.78. The van der Waals surface area contributed by atoms with Gasteiger partial charge in [0.15, 0.2) is 5.65 Å². The van der Waals surface area contributed by atoms with E-state index in [1.54, 1.807) is 6.20 Å². The number of nitrogens with zero attached hydrogens (tertiary/aromatic N) is 4. The fourth-order valence-electron chi connectivity index (χ4n) is 0.674.